The summed E-state index contributed by atoms with van der Waals surface area (Å²) in [6.45, 7) is 2.66. The second-order valence-corrected chi connectivity index (χ2v) is 4.68. The van der Waals surface area contributed by atoms with Crippen LogP contribution in [0.2, 0.25) is 0 Å². The first-order chi connectivity index (χ1) is 10.6. The molecule has 0 unspecified atom stereocenters. The van der Waals surface area contributed by atoms with E-state index in [1.807, 2.05) is 13.0 Å². The van der Waals surface area contributed by atoms with Gasteiger partial charge in [-0.05, 0) is 19.1 Å². The molecule has 0 aromatic heterocycles. The number of carbonyl (C=O) groups is 2. The van der Waals surface area contributed by atoms with E-state index in [0.29, 0.717) is 24.7 Å². The summed E-state index contributed by atoms with van der Waals surface area (Å²) < 4.78 is 16.0. The third kappa shape index (κ3) is 3.88. The van der Waals surface area contributed by atoms with Crippen molar-refractivity contribution in [1.29, 1.82) is 0 Å². The minimum atomic E-state index is -1.08. The minimum absolute atomic E-state index is 0.00337. The van der Waals surface area contributed by atoms with Crippen molar-refractivity contribution in [3.63, 3.8) is 0 Å². The number of carboxylic acids is 1. The van der Waals surface area contributed by atoms with Crippen LogP contribution in [-0.4, -0.2) is 60.9 Å². The van der Waals surface area contributed by atoms with E-state index >= 15 is 0 Å². The lowest BCUT2D eigenvalue weighted by Gasteiger charge is -2.32. The van der Waals surface area contributed by atoms with Crippen molar-refractivity contribution >= 4 is 11.9 Å². The number of nitrogens with zero attached hydrogens (tertiary/aromatic N) is 1. The van der Waals surface area contributed by atoms with Gasteiger partial charge in [-0.1, -0.05) is 12.1 Å². The van der Waals surface area contributed by atoms with E-state index in [9.17, 15) is 9.59 Å². The van der Waals surface area contributed by atoms with Gasteiger partial charge in [0.25, 0.3) is 5.91 Å². The molecule has 1 atom stereocenters. The first-order valence-electron chi connectivity index (χ1n) is 7.08. The smallest absolute Gasteiger partial charge is 0.328 e. The van der Waals surface area contributed by atoms with Crippen LogP contribution in [-0.2, 0) is 14.3 Å². The van der Waals surface area contributed by atoms with Gasteiger partial charge in [0.1, 0.15) is 0 Å². The quantitative estimate of drug-likeness (QED) is 0.835. The van der Waals surface area contributed by atoms with Gasteiger partial charge in [0.2, 0.25) is 0 Å². The highest BCUT2D eigenvalue weighted by Crippen LogP contribution is 2.26. The SMILES string of the molecule is CCOc1ccccc1OCC(=O)N1CCOC[C@@H]1C(=O)O. The molecule has 1 heterocycles. The molecule has 1 aliphatic rings. The second-order valence-electron chi connectivity index (χ2n) is 4.68. The lowest BCUT2D eigenvalue weighted by Crippen LogP contribution is -2.53. The Bertz CT molecular complexity index is 533. The third-order valence-corrected chi connectivity index (χ3v) is 3.23. The Balaban J connectivity index is 1.98. The predicted molar refractivity (Wildman–Crippen MR) is 77.1 cm³/mol. The van der Waals surface area contributed by atoms with E-state index in [-0.39, 0.29) is 25.7 Å². The van der Waals surface area contributed by atoms with Gasteiger partial charge >= 0.3 is 5.97 Å². The van der Waals surface area contributed by atoms with E-state index < -0.39 is 12.0 Å². The average Bonchev–Trinajstić information content (AvgIpc) is 2.54. The lowest BCUT2D eigenvalue weighted by molar-refractivity contribution is -0.159. The molecule has 120 valence electrons. The molecule has 1 amide bonds. The summed E-state index contributed by atoms with van der Waals surface area (Å²) in [6, 6.07) is 6.07. The fourth-order valence-electron chi connectivity index (χ4n) is 2.17. The number of hydrogen-bond acceptors (Lipinski definition) is 5. The number of morpholine rings is 1. The summed E-state index contributed by atoms with van der Waals surface area (Å²) >= 11 is 0. The predicted octanol–water partition coefficient (Wildman–Crippen LogP) is 0.776. The number of hydrogen-bond donors (Lipinski definition) is 1. The summed E-state index contributed by atoms with van der Waals surface area (Å²) in [4.78, 5) is 24.6. The normalized spacial score (nSPS) is 17.9. The zero-order valence-electron chi connectivity index (χ0n) is 12.4. The summed E-state index contributed by atoms with van der Waals surface area (Å²) in [6.07, 6.45) is 0. The van der Waals surface area contributed by atoms with E-state index in [1.165, 1.54) is 4.90 Å². The molecule has 1 aromatic rings. The first kappa shape index (κ1) is 16.1. The fourth-order valence-corrected chi connectivity index (χ4v) is 2.17. The van der Waals surface area contributed by atoms with Gasteiger partial charge in [-0.25, -0.2) is 4.79 Å². The van der Waals surface area contributed by atoms with Crippen molar-refractivity contribution in [3.05, 3.63) is 24.3 Å². The van der Waals surface area contributed by atoms with E-state index in [1.54, 1.807) is 18.2 Å². The van der Waals surface area contributed by atoms with Crippen LogP contribution in [0.4, 0.5) is 0 Å². The Hall–Kier alpha value is -2.28. The molecule has 1 saturated heterocycles. The van der Waals surface area contributed by atoms with Crippen molar-refractivity contribution < 1.29 is 28.9 Å². The van der Waals surface area contributed by atoms with Gasteiger partial charge in [0.05, 0.1) is 19.8 Å². The van der Waals surface area contributed by atoms with E-state index in [4.69, 9.17) is 19.3 Å². The molecule has 0 aliphatic carbocycles. The van der Waals surface area contributed by atoms with Crippen LogP contribution >= 0.6 is 0 Å². The monoisotopic (exact) mass is 309 g/mol. The van der Waals surface area contributed by atoms with Gasteiger partial charge < -0.3 is 24.2 Å². The van der Waals surface area contributed by atoms with Crippen molar-refractivity contribution in [3.8, 4) is 11.5 Å². The molecule has 7 heteroatoms. The van der Waals surface area contributed by atoms with Crippen LogP contribution in [0.15, 0.2) is 24.3 Å². The number of para-hydroxylation sites is 2. The maximum absolute atomic E-state index is 12.2. The number of rotatable bonds is 6. The Morgan fingerprint density at radius 1 is 1.32 bits per heavy atom. The van der Waals surface area contributed by atoms with Gasteiger partial charge in [0.15, 0.2) is 24.1 Å². The summed E-state index contributed by atoms with van der Waals surface area (Å²) in [5, 5.41) is 9.12. The molecule has 2 rings (SSSR count). The molecular formula is C15H19NO6. The highest BCUT2D eigenvalue weighted by atomic mass is 16.5. The maximum atomic E-state index is 12.2. The first-order valence-corrected chi connectivity index (χ1v) is 7.08. The number of benzene rings is 1. The van der Waals surface area contributed by atoms with Gasteiger partial charge in [-0.3, -0.25) is 4.79 Å². The second kappa shape index (κ2) is 7.65. The Morgan fingerprint density at radius 3 is 2.64 bits per heavy atom. The zero-order valence-corrected chi connectivity index (χ0v) is 12.4. The topological polar surface area (TPSA) is 85.3 Å². The average molecular weight is 309 g/mol. The number of amides is 1. The molecule has 1 aliphatic heterocycles. The van der Waals surface area contributed by atoms with Crippen LogP contribution in [0.1, 0.15) is 6.92 Å². The number of aliphatic carboxylic acids is 1. The van der Waals surface area contributed by atoms with Crippen LogP contribution in [0.5, 0.6) is 11.5 Å². The number of ether oxygens (including phenoxy) is 3. The van der Waals surface area contributed by atoms with Crippen LogP contribution in [0.25, 0.3) is 0 Å². The van der Waals surface area contributed by atoms with Crippen LogP contribution in [0.3, 0.4) is 0 Å². The van der Waals surface area contributed by atoms with Gasteiger partial charge in [0, 0.05) is 6.54 Å². The molecule has 1 aromatic carbocycles. The lowest BCUT2D eigenvalue weighted by atomic mass is 10.2. The molecule has 0 saturated carbocycles. The standard InChI is InChI=1S/C15H19NO6/c1-2-21-12-5-3-4-6-13(12)22-10-14(17)16-7-8-20-9-11(16)15(18)19/h3-6,11H,2,7-10H2,1H3,(H,18,19)/t11-/m1/s1. The Kier molecular flexibility index (Phi) is 5.60. The fraction of sp³-hybridized carbons (Fsp3) is 0.467. The van der Waals surface area contributed by atoms with E-state index in [0.717, 1.165) is 0 Å². The summed E-state index contributed by atoms with van der Waals surface area (Å²) in [5.74, 6) is -0.461. The minimum Gasteiger partial charge on any atom is -0.490 e. The molecule has 0 spiro atoms. The van der Waals surface area contributed by atoms with Gasteiger partial charge in [-0.2, -0.15) is 0 Å². The zero-order chi connectivity index (χ0) is 15.9. The molecule has 0 bridgehead atoms. The highest BCUT2D eigenvalue weighted by molar-refractivity contribution is 5.84. The van der Waals surface area contributed by atoms with Gasteiger partial charge in [-0.15, -0.1) is 0 Å². The molecule has 7 nitrogen and oxygen atoms in total. The third-order valence-electron chi connectivity index (χ3n) is 3.23. The molecule has 1 fully saturated rings. The molecular weight excluding hydrogens is 290 g/mol. The largest absolute Gasteiger partial charge is 0.490 e. The Labute approximate surface area is 128 Å². The summed E-state index contributed by atoms with van der Waals surface area (Å²) in [5.41, 5.74) is 0. The highest BCUT2D eigenvalue weighted by Gasteiger charge is 2.32. The van der Waals surface area contributed by atoms with Crippen molar-refractivity contribution in [2.75, 3.05) is 33.0 Å². The van der Waals surface area contributed by atoms with Crippen LogP contribution in [0, 0.1) is 0 Å². The van der Waals surface area contributed by atoms with Crippen molar-refractivity contribution in [2.24, 2.45) is 0 Å². The van der Waals surface area contributed by atoms with Crippen molar-refractivity contribution in [2.45, 2.75) is 13.0 Å². The molecule has 1 N–H and O–H groups in total. The van der Waals surface area contributed by atoms with E-state index in [2.05, 4.69) is 0 Å². The summed E-state index contributed by atoms with van der Waals surface area (Å²) in [7, 11) is 0. The maximum Gasteiger partial charge on any atom is 0.328 e. The van der Waals surface area contributed by atoms with Crippen molar-refractivity contribution in [1.82, 2.24) is 4.90 Å². The Morgan fingerprint density at radius 2 is 2.00 bits per heavy atom. The number of carboxylic acid groups (broad SMARTS) is 1. The molecule has 22 heavy (non-hydrogen) atoms. The number of carbonyl (C=O) groups excluding carboxylic acids is 1. The molecule has 0 radical (unpaired) electrons. The van der Waals surface area contributed by atoms with Crippen LogP contribution < -0.4 is 9.47 Å².